The Hall–Kier alpha value is -4.30. The van der Waals surface area contributed by atoms with Crippen LogP contribution in [0.3, 0.4) is 0 Å². The molecule has 4 aromatic carbocycles. The number of methoxy groups -OCH3 is 1. The highest BCUT2D eigenvalue weighted by Crippen LogP contribution is 2.47. The molecule has 0 bridgehead atoms. The van der Waals surface area contributed by atoms with Gasteiger partial charge in [-0.2, -0.15) is 5.26 Å². The van der Waals surface area contributed by atoms with Crippen LogP contribution >= 0.6 is 0 Å². The second kappa shape index (κ2) is 10.8. The lowest BCUT2D eigenvalue weighted by Gasteiger charge is -2.41. The van der Waals surface area contributed by atoms with E-state index < -0.39 is 11.3 Å². The number of anilines is 1. The summed E-state index contributed by atoms with van der Waals surface area (Å²) in [6.07, 6.45) is 0. The van der Waals surface area contributed by atoms with Gasteiger partial charge in [-0.25, -0.2) is 0 Å². The zero-order valence-electron chi connectivity index (χ0n) is 23.1. The van der Waals surface area contributed by atoms with Gasteiger partial charge in [0.25, 0.3) is 0 Å². The van der Waals surface area contributed by atoms with Crippen LogP contribution < -0.4 is 9.64 Å². The van der Waals surface area contributed by atoms with E-state index in [1.807, 2.05) is 53.4 Å². The third kappa shape index (κ3) is 4.72. The van der Waals surface area contributed by atoms with Crippen LogP contribution in [0.15, 0.2) is 84.9 Å². The van der Waals surface area contributed by atoms with Gasteiger partial charge in [-0.3, -0.25) is 4.79 Å². The Morgan fingerprint density at radius 2 is 1.51 bits per heavy atom. The number of benzene rings is 4. The minimum absolute atomic E-state index is 0.144. The number of para-hydroxylation sites is 1. The third-order valence-corrected chi connectivity index (χ3v) is 8.32. The maximum Gasteiger partial charge on any atom is 0.243 e. The van der Waals surface area contributed by atoms with E-state index in [0.29, 0.717) is 18.8 Å². The minimum atomic E-state index is -1.35. The molecule has 5 nitrogen and oxygen atoms in total. The summed E-state index contributed by atoms with van der Waals surface area (Å²) in [5.41, 5.74) is 4.18. The molecule has 1 heterocycles. The van der Waals surface area contributed by atoms with Gasteiger partial charge in [0.1, 0.15) is 11.2 Å². The zero-order chi connectivity index (χ0) is 27.6. The van der Waals surface area contributed by atoms with Crippen LogP contribution in [-0.4, -0.2) is 44.1 Å². The molecule has 1 aliphatic heterocycles. The van der Waals surface area contributed by atoms with Crippen molar-refractivity contribution in [3.8, 4) is 11.8 Å². The van der Waals surface area contributed by atoms with E-state index in [1.165, 1.54) is 16.8 Å². The van der Waals surface area contributed by atoms with Crippen LogP contribution in [0.1, 0.15) is 35.1 Å². The Kier molecular flexibility index (Phi) is 7.30. The van der Waals surface area contributed by atoms with Crippen LogP contribution in [0.5, 0.6) is 5.75 Å². The van der Waals surface area contributed by atoms with Crippen LogP contribution in [0.25, 0.3) is 10.8 Å². The summed E-state index contributed by atoms with van der Waals surface area (Å²) in [6, 6.07) is 30.9. The SMILES string of the molecule is COc1ccccc1[C@H](c1cccc2ccccc12)C(C)(C#N)C(=O)N1CCN(c2cccc(C)c2C)CC1. The molecule has 1 fully saturated rings. The maximum absolute atomic E-state index is 14.4. The second-order valence-electron chi connectivity index (χ2n) is 10.6. The normalized spacial score (nSPS) is 15.9. The van der Waals surface area contributed by atoms with E-state index >= 15 is 0 Å². The van der Waals surface area contributed by atoms with Gasteiger partial charge in [0.05, 0.1) is 13.2 Å². The summed E-state index contributed by atoms with van der Waals surface area (Å²) in [5.74, 6) is 0.00759. The van der Waals surface area contributed by atoms with Gasteiger partial charge in [-0.1, -0.05) is 72.8 Å². The lowest BCUT2D eigenvalue weighted by atomic mass is 9.68. The fourth-order valence-corrected chi connectivity index (χ4v) is 5.99. The zero-order valence-corrected chi connectivity index (χ0v) is 23.1. The number of aryl methyl sites for hydroxylation is 1. The van der Waals surface area contributed by atoms with Crippen molar-refractivity contribution in [3.05, 3.63) is 107 Å². The first-order valence-electron chi connectivity index (χ1n) is 13.5. The molecule has 1 aliphatic rings. The van der Waals surface area contributed by atoms with Gasteiger partial charge in [0.15, 0.2) is 0 Å². The van der Waals surface area contributed by atoms with E-state index in [9.17, 15) is 10.1 Å². The Bertz CT molecular complexity index is 1540. The number of amides is 1. The first-order chi connectivity index (χ1) is 18.9. The Balaban J connectivity index is 1.54. The molecule has 1 saturated heterocycles. The van der Waals surface area contributed by atoms with Crippen molar-refractivity contribution in [1.82, 2.24) is 4.90 Å². The van der Waals surface area contributed by atoms with Gasteiger partial charge >= 0.3 is 0 Å². The predicted molar refractivity (Wildman–Crippen MR) is 157 cm³/mol. The minimum Gasteiger partial charge on any atom is -0.496 e. The first-order valence-corrected chi connectivity index (χ1v) is 13.5. The number of hydrogen-bond donors (Lipinski definition) is 0. The van der Waals surface area contributed by atoms with Crippen LogP contribution in [-0.2, 0) is 4.79 Å². The molecule has 1 unspecified atom stereocenters. The quantitative estimate of drug-likeness (QED) is 0.294. The Morgan fingerprint density at radius 3 is 2.26 bits per heavy atom. The number of nitriles is 1. The molecule has 0 saturated carbocycles. The fraction of sp³-hybridized carbons (Fsp3) is 0.294. The molecular formula is C34H35N3O2. The molecule has 4 aromatic rings. The summed E-state index contributed by atoms with van der Waals surface area (Å²) >= 11 is 0. The summed E-state index contributed by atoms with van der Waals surface area (Å²) < 4.78 is 5.77. The van der Waals surface area contributed by atoms with Crippen LogP contribution in [0.4, 0.5) is 5.69 Å². The molecular weight excluding hydrogens is 482 g/mol. The molecule has 39 heavy (non-hydrogen) atoms. The average Bonchev–Trinajstić information content (AvgIpc) is 2.98. The summed E-state index contributed by atoms with van der Waals surface area (Å²) in [4.78, 5) is 18.6. The van der Waals surface area contributed by atoms with Crippen LogP contribution in [0, 0.1) is 30.6 Å². The second-order valence-corrected chi connectivity index (χ2v) is 10.6. The number of nitrogens with zero attached hydrogens (tertiary/aromatic N) is 3. The van der Waals surface area contributed by atoms with Gasteiger partial charge in [0.2, 0.25) is 5.91 Å². The lowest BCUT2D eigenvalue weighted by molar-refractivity contribution is -0.139. The van der Waals surface area contributed by atoms with Gasteiger partial charge in [-0.05, 0) is 60.4 Å². The monoisotopic (exact) mass is 517 g/mol. The molecule has 5 rings (SSSR count). The largest absolute Gasteiger partial charge is 0.496 e. The highest BCUT2D eigenvalue weighted by molar-refractivity contribution is 5.91. The van der Waals surface area contributed by atoms with E-state index in [4.69, 9.17) is 4.74 Å². The number of carbonyl (C=O) groups excluding carboxylic acids is 1. The van der Waals surface area contributed by atoms with Crippen molar-refractivity contribution in [2.75, 3.05) is 38.2 Å². The molecule has 0 radical (unpaired) electrons. The molecule has 0 aliphatic carbocycles. The van der Waals surface area contributed by atoms with E-state index in [0.717, 1.165) is 35.0 Å². The highest BCUT2D eigenvalue weighted by atomic mass is 16.5. The highest BCUT2D eigenvalue weighted by Gasteiger charge is 2.47. The van der Waals surface area contributed by atoms with Crippen molar-refractivity contribution in [1.29, 1.82) is 5.26 Å². The van der Waals surface area contributed by atoms with E-state index in [1.54, 1.807) is 14.0 Å². The van der Waals surface area contributed by atoms with Crippen molar-refractivity contribution in [3.63, 3.8) is 0 Å². The van der Waals surface area contributed by atoms with Gasteiger partial charge in [-0.15, -0.1) is 0 Å². The van der Waals surface area contributed by atoms with Crippen molar-refractivity contribution < 1.29 is 9.53 Å². The standard InChI is InChI=1S/C34H35N3O2/c1-24-11-9-17-30(25(24)2)36-19-21-37(22-20-36)33(38)34(3,23-35)32(29-15-7-8-18-31(29)39-4)28-16-10-13-26-12-5-6-14-27(26)28/h5-18,32H,19-22H2,1-4H3/t32-,34?/m0/s1. The molecule has 0 aromatic heterocycles. The van der Waals surface area contributed by atoms with Gasteiger partial charge < -0.3 is 14.5 Å². The topological polar surface area (TPSA) is 56.6 Å². The fourth-order valence-electron chi connectivity index (χ4n) is 5.99. The molecule has 2 atom stereocenters. The number of rotatable bonds is 6. The van der Waals surface area contributed by atoms with E-state index in [2.05, 4.69) is 61.2 Å². The van der Waals surface area contributed by atoms with Crippen molar-refractivity contribution in [2.24, 2.45) is 5.41 Å². The number of carbonyl (C=O) groups is 1. The maximum atomic E-state index is 14.4. The van der Waals surface area contributed by atoms with E-state index in [-0.39, 0.29) is 5.91 Å². The smallest absolute Gasteiger partial charge is 0.243 e. The third-order valence-electron chi connectivity index (χ3n) is 8.32. The number of ether oxygens (including phenoxy) is 1. The lowest BCUT2D eigenvalue weighted by Crippen LogP contribution is -2.54. The van der Waals surface area contributed by atoms with Gasteiger partial charge in [0, 0.05) is 43.3 Å². The predicted octanol–water partition coefficient (Wildman–Crippen LogP) is 6.48. The van der Waals surface area contributed by atoms with Crippen molar-refractivity contribution in [2.45, 2.75) is 26.7 Å². The molecule has 0 spiro atoms. The van der Waals surface area contributed by atoms with Crippen molar-refractivity contribution >= 4 is 22.4 Å². The van der Waals surface area contributed by atoms with Crippen LogP contribution in [0.2, 0.25) is 0 Å². The number of fused-ring (bicyclic) bond motifs is 1. The molecule has 1 amide bonds. The summed E-state index contributed by atoms with van der Waals surface area (Å²) in [7, 11) is 1.64. The summed E-state index contributed by atoms with van der Waals surface area (Å²) in [6.45, 7) is 8.66. The molecule has 0 N–H and O–H groups in total. The Morgan fingerprint density at radius 1 is 0.872 bits per heavy atom. The molecule has 198 valence electrons. The molecule has 5 heteroatoms. The Labute approximate surface area is 231 Å². The average molecular weight is 518 g/mol. The number of piperazine rings is 1. The first kappa shape index (κ1) is 26.3. The summed E-state index contributed by atoms with van der Waals surface area (Å²) in [5, 5.41) is 12.9. The number of hydrogen-bond acceptors (Lipinski definition) is 4.